The fraction of sp³-hybridized carbons (Fsp3) is 0.143. The van der Waals surface area contributed by atoms with E-state index in [0.717, 1.165) is 32.6 Å². The Morgan fingerprint density at radius 1 is 0.840 bits per heavy atom. The first-order valence-corrected chi connectivity index (χ1v) is 8.82. The molecular formula is C21H19Cl2NO. The van der Waals surface area contributed by atoms with Gasteiger partial charge in [0.25, 0.3) is 0 Å². The lowest BCUT2D eigenvalue weighted by molar-refractivity contribution is 0.306. The number of benzene rings is 3. The van der Waals surface area contributed by atoms with Crippen LogP contribution < -0.4 is 10.1 Å². The zero-order chi connectivity index (χ0) is 17.6. The van der Waals surface area contributed by atoms with Gasteiger partial charge >= 0.3 is 0 Å². The Labute approximate surface area is 158 Å². The van der Waals surface area contributed by atoms with Crippen molar-refractivity contribution in [2.75, 3.05) is 5.32 Å². The van der Waals surface area contributed by atoms with Crippen LogP contribution in [0, 0.1) is 6.92 Å². The Hall–Kier alpha value is -2.16. The van der Waals surface area contributed by atoms with Gasteiger partial charge in [0.05, 0.1) is 0 Å². The number of halogens is 2. The molecule has 0 atom stereocenters. The van der Waals surface area contributed by atoms with Crippen LogP contribution in [0.25, 0.3) is 0 Å². The number of aryl methyl sites for hydroxylation is 1. The molecular weight excluding hydrogens is 353 g/mol. The monoisotopic (exact) mass is 371 g/mol. The van der Waals surface area contributed by atoms with Crippen LogP contribution in [-0.2, 0) is 13.2 Å². The second kappa shape index (κ2) is 8.28. The van der Waals surface area contributed by atoms with Crippen LogP contribution >= 0.6 is 23.2 Å². The van der Waals surface area contributed by atoms with Crippen molar-refractivity contribution in [1.29, 1.82) is 0 Å². The van der Waals surface area contributed by atoms with Gasteiger partial charge in [-0.25, -0.2) is 0 Å². The van der Waals surface area contributed by atoms with E-state index in [1.54, 1.807) is 0 Å². The SMILES string of the molecule is Cc1ccc(Cl)cc1NCc1cccc(OCc2ccc(Cl)cc2)c1. The Morgan fingerprint density at radius 3 is 2.40 bits per heavy atom. The molecule has 1 N–H and O–H groups in total. The summed E-state index contributed by atoms with van der Waals surface area (Å²) in [5.41, 5.74) is 4.44. The average molecular weight is 372 g/mol. The summed E-state index contributed by atoms with van der Waals surface area (Å²) in [7, 11) is 0. The first-order valence-electron chi connectivity index (χ1n) is 8.06. The van der Waals surface area contributed by atoms with Crippen molar-refractivity contribution < 1.29 is 4.74 Å². The van der Waals surface area contributed by atoms with Crippen LogP contribution in [0.5, 0.6) is 5.75 Å². The average Bonchev–Trinajstić information content (AvgIpc) is 2.62. The molecule has 0 radical (unpaired) electrons. The maximum Gasteiger partial charge on any atom is 0.120 e. The molecule has 4 heteroatoms. The molecule has 0 heterocycles. The molecule has 0 spiro atoms. The smallest absolute Gasteiger partial charge is 0.120 e. The summed E-state index contributed by atoms with van der Waals surface area (Å²) in [6.45, 7) is 3.28. The fourth-order valence-electron chi connectivity index (χ4n) is 2.47. The summed E-state index contributed by atoms with van der Waals surface area (Å²) in [6.07, 6.45) is 0. The molecule has 25 heavy (non-hydrogen) atoms. The van der Waals surface area contributed by atoms with Gasteiger partial charge in [-0.1, -0.05) is 53.5 Å². The van der Waals surface area contributed by atoms with E-state index in [1.165, 1.54) is 5.56 Å². The molecule has 0 aliphatic heterocycles. The zero-order valence-corrected chi connectivity index (χ0v) is 15.4. The van der Waals surface area contributed by atoms with E-state index in [9.17, 15) is 0 Å². The Kier molecular flexibility index (Phi) is 5.85. The lowest BCUT2D eigenvalue weighted by Crippen LogP contribution is -2.02. The lowest BCUT2D eigenvalue weighted by atomic mass is 10.1. The van der Waals surface area contributed by atoms with Crippen molar-refractivity contribution in [1.82, 2.24) is 0 Å². The highest BCUT2D eigenvalue weighted by Gasteiger charge is 2.02. The Bertz CT molecular complexity index is 847. The second-order valence-electron chi connectivity index (χ2n) is 5.88. The summed E-state index contributed by atoms with van der Waals surface area (Å²) < 4.78 is 5.88. The van der Waals surface area contributed by atoms with Gasteiger partial charge in [0.1, 0.15) is 12.4 Å². The van der Waals surface area contributed by atoms with Gasteiger partial charge < -0.3 is 10.1 Å². The molecule has 3 aromatic carbocycles. The summed E-state index contributed by atoms with van der Waals surface area (Å²) in [5.74, 6) is 0.845. The highest BCUT2D eigenvalue weighted by Crippen LogP contribution is 2.22. The quantitative estimate of drug-likeness (QED) is 0.534. The van der Waals surface area contributed by atoms with E-state index < -0.39 is 0 Å². The lowest BCUT2D eigenvalue weighted by Gasteiger charge is -2.12. The van der Waals surface area contributed by atoms with Crippen LogP contribution in [0.2, 0.25) is 10.0 Å². The topological polar surface area (TPSA) is 21.3 Å². The molecule has 2 nitrogen and oxygen atoms in total. The van der Waals surface area contributed by atoms with E-state index in [0.29, 0.717) is 13.2 Å². The highest BCUT2D eigenvalue weighted by molar-refractivity contribution is 6.31. The van der Waals surface area contributed by atoms with Gasteiger partial charge in [0, 0.05) is 22.3 Å². The third kappa shape index (κ3) is 5.15. The molecule has 3 rings (SSSR count). The number of rotatable bonds is 6. The predicted octanol–water partition coefficient (Wildman–Crippen LogP) is 6.49. The van der Waals surface area contributed by atoms with Crippen LogP contribution in [-0.4, -0.2) is 0 Å². The zero-order valence-electron chi connectivity index (χ0n) is 13.9. The largest absolute Gasteiger partial charge is 0.489 e. The van der Waals surface area contributed by atoms with Crippen molar-refractivity contribution in [3.63, 3.8) is 0 Å². The van der Waals surface area contributed by atoms with E-state index in [1.807, 2.05) is 60.7 Å². The highest BCUT2D eigenvalue weighted by atomic mass is 35.5. The normalized spacial score (nSPS) is 10.5. The fourth-order valence-corrected chi connectivity index (χ4v) is 2.77. The van der Waals surface area contributed by atoms with Crippen molar-refractivity contribution in [2.24, 2.45) is 0 Å². The van der Waals surface area contributed by atoms with Crippen LogP contribution in [0.3, 0.4) is 0 Å². The number of hydrogen-bond donors (Lipinski definition) is 1. The van der Waals surface area contributed by atoms with E-state index in [-0.39, 0.29) is 0 Å². The summed E-state index contributed by atoms with van der Waals surface area (Å²) >= 11 is 12.0. The molecule has 0 aromatic heterocycles. The molecule has 0 bridgehead atoms. The van der Waals surface area contributed by atoms with Gasteiger partial charge in [-0.15, -0.1) is 0 Å². The third-order valence-electron chi connectivity index (χ3n) is 3.90. The van der Waals surface area contributed by atoms with Crippen molar-refractivity contribution in [3.8, 4) is 5.75 Å². The maximum absolute atomic E-state index is 6.06. The van der Waals surface area contributed by atoms with Gasteiger partial charge in [-0.05, 0) is 60.0 Å². The molecule has 3 aromatic rings. The van der Waals surface area contributed by atoms with Crippen molar-refractivity contribution in [3.05, 3.63) is 93.5 Å². The maximum atomic E-state index is 6.06. The molecule has 0 amide bonds. The minimum Gasteiger partial charge on any atom is -0.489 e. The van der Waals surface area contributed by atoms with Gasteiger partial charge in [0.2, 0.25) is 0 Å². The van der Waals surface area contributed by atoms with Crippen LogP contribution in [0.1, 0.15) is 16.7 Å². The number of ether oxygens (including phenoxy) is 1. The van der Waals surface area contributed by atoms with Crippen LogP contribution in [0.15, 0.2) is 66.7 Å². The number of anilines is 1. The first-order chi connectivity index (χ1) is 12.1. The van der Waals surface area contributed by atoms with Gasteiger partial charge in [0.15, 0.2) is 0 Å². The van der Waals surface area contributed by atoms with Crippen molar-refractivity contribution >= 4 is 28.9 Å². The van der Waals surface area contributed by atoms with Crippen LogP contribution in [0.4, 0.5) is 5.69 Å². The molecule has 0 saturated carbocycles. The summed E-state index contributed by atoms with van der Waals surface area (Å²) in [5, 5.41) is 4.88. The minimum absolute atomic E-state index is 0.515. The molecule has 0 unspecified atom stereocenters. The van der Waals surface area contributed by atoms with E-state index in [4.69, 9.17) is 27.9 Å². The Morgan fingerprint density at radius 2 is 1.60 bits per heavy atom. The van der Waals surface area contributed by atoms with E-state index >= 15 is 0 Å². The predicted molar refractivity (Wildman–Crippen MR) is 106 cm³/mol. The Balaban J connectivity index is 1.61. The number of hydrogen-bond acceptors (Lipinski definition) is 2. The minimum atomic E-state index is 0.515. The summed E-state index contributed by atoms with van der Waals surface area (Å²) in [4.78, 5) is 0. The number of nitrogens with one attached hydrogen (secondary N) is 1. The molecule has 0 fully saturated rings. The molecule has 0 aliphatic carbocycles. The first kappa shape index (κ1) is 17.7. The standard InChI is InChI=1S/C21H19Cl2NO/c1-15-5-8-19(23)12-21(15)24-13-17-3-2-4-20(11-17)25-14-16-6-9-18(22)10-7-16/h2-12,24H,13-14H2,1H3. The molecule has 0 aliphatic rings. The van der Waals surface area contributed by atoms with Gasteiger partial charge in [-0.3, -0.25) is 0 Å². The third-order valence-corrected chi connectivity index (χ3v) is 4.39. The summed E-state index contributed by atoms with van der Waals surface area (Å²) in [6, 6.07) is 21.6. The van der Waals surface area contributed by atoms with E-state index in [2.05, 4.69) is 18.3 Å². The second-order valence-corrected chi connectivity index (χ2v) is 6.75. The van der Waals surface area contributed by atoms with Crippen molar-refractivity contribution in [2.45, 2.75) is 20.1 Å². The van der Waals surface area contributed by atoms with Gasteiger partial charge in [-0.2, -0.15) is 0 Å². The molecule has 0 saturated heterocycles. The molecule has 128 valence electrons.